The van der Waals surface area contributed by atoms with E-state index in [9.17, 15) is 9.59 Å². The highest BCUT2D eigenvalue weighted by molar-refractivity contribution is 7.80. The number of rotatable bonds is 2. The van der Waals surface area contributed by atoms with E-state index in [1.54, 1.807) is 25.2 Å². The van der Waals surface area contributed by atoms with Gasteiger partial charge in [0.05, 0.1) is 17.5 Å². The lowest BCUT2D eigenvalue weighted by atomic mass is 10.1. The van der Waals surface area contributed by atoms with E-state index in [-0.39, 0.29) is 23.4 Å². The third kappa shape index (κ3) is 4.51. The first kappa shape index (κ1) is 17.9. The number of aryl methyl sites for hydroxylation is 1. The van der Waals surface area contributed by atoms with E-state index in [1.165, 1.54) is 4.68 Å². The Bertz CT molecular complexity index is 838. The lowest BCUT2D eigenvalue weighted by Gasteiger charge is -2.23. The molecule has 0 aliphatic heterocycles. The highest BCUT2D eigenvalue weighted by atomic mass is 32.1. The molecule has 0 aliphatic carbocycles. The number of hydrazine groups is 1. The van der Waals surface area contributed by atoms with Crippen molar-refractivity contribution in [3.8, 4) is 0 Å². The molecule has 1 heterocycles. The predicted octanol–water partition coefficient (Wildman–Crippen LogP) is 0.770. The first-order chi connectivity index (χ1) is 11.2. The second-order valence-corrected chi connectivity index (χ2v) is 6.88. The number of benzene rings is 1. The fourth-order valence-electron chi connectivity index (χ4n) is 2.20. The van der Waals surface area contributed by atoms with Crippen LogP contribution in [0.5, 0.6) is 0 Å². The molecule has 2 rings (SSSR count). The number of fused-ring (bicyclic) bond motifs is 1. The summed E-state index contributed by atoms with van der Waals surface area (Å²) in [5.41, 5.74) is 5.32. The molecule has 0 aliphatic rings. The van der Waals surface area contributed by atoms with E-state index < -0.39 is 0 Å². The Morgan fingerprint density at radius 3 is 2.46 bits per heavy atom. The SMILES string of the molecule is Cn1nc(CC(=O)NNC(=S)NC(C)(C)C)c2ccccc2c1=O. The van der Waals surface area contributed by atoms with Crippen molar-refractivity contribution in [3.05, 3.63) is 40.3 Å². The lowest BCUT2D eigenvalue weighted by molar-refractivity contribution is -0.121. The fourth-order valence-corrected chi connectivity index (χ4v) is 2.56. The van der Waals surface area contributed by atoms with E-state index in [1.807, 2.05) is 26.8 Å². The van der Waals surface area contributed by atoms with E-state index in [4.69, 9.17) is 12.2 Å². The maximum Gasteiger partial charge on any atom is 0.274 e. The van der Waals surface area contributed by atoms with E-state index in [0.717, 1.165) is 0 Å². The number of carbonyl (C=O) groups excluding carboxylic acids is 1. The van der Waals surface area contributed by atoms with Gasteiger partial charge in [-0.15, -0.1) is 0 Å². The maximum atomic E-state index is 12.1. The summed E-state index contributed by atoms with van der Waals surface area (Å²) in [6.07, 6.45) is 0.0275. The number of aromatic nitrogens is 2. The van der Waals surface area contributed by atoms with Crippen molar-refractivity contribution in [1.82, 2.24) is 25.9 Å². The van der Waals surface area contributed by atoms with Crippen molar-refractivity contribution in [2.45, 2.75) is 32.7 Å². The minimum absolute atomic E-state index is 0.0275. The first-order valence-corrected chi connectivity index (χ1v) is 7.90. The van der Waals surface area contributed by atoms with Gasteiger partial charge >= 0.3 is 0 Å². The molecule has 0 unspecified atom stereocenters. The molecule has 1 aromatic carbocycles. The van der Waals surface area contributed by atoms with Gasteiger partial charge in [-0.2, -0.15) is 5.10 Å². The largest absolute Gasteiger partial charge is 0.357 e. The highest BCUT2D eigenvalue weighted by Gasteiger charge is 2.14. The monoisotopic (exact) mass is 347 g/mol. The Labute approximate surface area is 145 Å². The van der Waals surface area contributed by atoms with Crippen LogP contribution in [0.4, 0.5) is 0 Å². The molecular formula is C16H21N5O2S. The molecule has 0 fully saturated rings. The van der Waals surface area contributed by atoms with Crippen molar-refractivity contribution >= 4 is 34.0 Å². The second-order valence-electron chi connectivity index (χ2n) is 6.48. The fraction of sp³-hybridized carbons (Fsp3) is 0.375. The summed E-state index contributed by atoms with van der Waals surface area (Å²) in [4.78, 5) is 24.2. The molecule has 0 spiro atoms. The van der Waals surface area contributed by atoms with Crippen molar-refractivity contribution in [1.29, 1.82) is 0 Å². The molecule has 1 amide bonds. The molecule has 0 saturated carbocycles. The summed E-state index contributed by atoms with van der Waals surface area (Å²) < 4.78 is 1.24. The molecule has 3 N–H and O–H groups in total. The Hall–Kier alpha value is -2.48. The van der Waals surface area contributed by atoms with E-state index >= 15 is 0 Å². The van der Waals surface area contributed by atoms with Gasteiger partial charge in [-0.1, -0.05) is 18.2 Å². The average molecular weight is 347 g/mol. The summed E-state index contributed by atoms with van der Waals surface area (Å²) in [6, 6.07) is 7.10. The molecule has 7 nitrogen and oxygen atoms in total. The van der Waals surface area contributed by atoms with Crippen LogP contribution in [0.1, 0.15) is 26.5 Å². The van der Waals surface area contributed by atoms with Gasteiger partial charge in [-0.05, 0) is 39.1 Å². The van der Waals surface area contributed by atoms with Gasteiger partial charge in [-0.25, -0.2) is 4.68 Å². The number of carbonyl (C=O) groups is 1. The standard InChI is InChI=1S/C16H21N5O2S/c1-16(2,3)17-15(24)19-18-13(22)9-12-10-7-5-6-8-11(10)14(23)21(4)20-12/h5-8H,9H2,1-4H3,(H,18,22)(H2,17,19,24). The van der Waals surface area contributed by atoms with E-state index in [2.05, 4.69) is 21.3 Å². The second kappa shape index (κ2) is 6.96. The van der Waals surface area contributed by atoms with Crippen LogP contribution >= 0.6 is 12.2 Å². The number of hydrogen-bond acceptors (Lipinski definition) is 4. The van der Waals surface area contributed by atoms with Crippen LogP contribution in [-0.4, -0.2) is 26.3 Å². The Morgan fingerprint density at radius 2 is 1.83 bits per heavy atom. The summed E-state index contributed by atoms with van der Waals surface area (Å²) in [5, 5.41) is 8.76. The van der Waals surface area contributed by atoms with Crippen molar-refractivity contribution in [2.24, 2.45) is 7.05 Å². The molecule has 0 atom stereocenters. The van der Waals surface area contributed by atoms with Gasteiger partial charge in [0.25, 0.3) is 5.56 Å². The molecule has 1 aromatic heterocycles. The van der Waals surface area contributed by atoms with Crippen LogP contribution in [0.15, 0.2) is 29.1 Å². The van der Waals surface area contributed by atoms with Gasteiger partial charge in [0, 0.05) is 18.0 Å². The molecule has 8 heteroatoms. The third-order valence-electron chi connectivity index (χ3n) is 3.16. The number of thiocarbonyl (C=S) groups is 1. The van der Waals surface area contributed by atoms with Gasteiger partial charge in [-0.3, -0.25) is 20.4 Å². The maximum absolute atomic E-state index is 12.1. The predicted molar refractivity (Wildman–Crippen MR) is 97.5 cm³/mol. The minimum Gasteiger partial charge on any atom is -0.357 e. The molecule has 24 heavy (non-hydrogen) atoms. The normalized spacial score (nSPS) is 11.2. The summed E-state index contributed by atoms with van der Waals surface area (Å²) in [7, 11) is 1.57. The van der Waals surface area contributed by atoms with Crippen LogP contribution in [-0.2, 0) is 18.3 Å². The zero-order valence-electron chi connectivity index (χ0n) is 14.1. The summed E-state index contributed by atoms with van der Waals surface area (Å²) in [6.45, 7) is 5.88. The number of hydrogen-bond donors (Lipinski definition) is 3. The van der Waals surface area contributed by atoms with Crippen LogP contribution in [0.25, 0.3) is 10.8 Å². The zero-order valence-corrected chi connectivity index (χ0v) is 15.0. The van der Waals surface area contributed by atoms with Crippen molar-refractivity contribution in [2.75, 3.05) is 0 Å². The lowest BCUT2D eigenvalue weighted by Crippen LogP contribution is -2.52. The Morgan fingerprint density at radius 1 is 1.21 bits per heavy atom. The van der Waals surface area contributed by atoms with Crippen molar-refractivity contribution in [3.63, 3.8) is 0 Å². The molecule has 0 saturated heterocycles. The first-order valence-electron chi connectivity index (χ1n) is 7.49. The van der Waals surface area contributed by atoms with Gasteiger partial charge in [0.2, 0.25) is 5.91 Å². The number of amides is 1. The number of nitrogens with zero attached hydrogens (tertiary/aromatic N) is 2. The quantitative estimate of drug-likeness (QED) is 0.549. The molecular weight excluding hydrogens is 326 g/mol. The van der Waals surface area contributed by atoms with E-state index in [0.29, 0.717) is 21.6 Å². The summed E-state index contributed by atoms with van der Waals surface area (Å²) >= 11 is 5.10. The topological polar surface area (TPSA) is 88.1 Å². The smallest absolute Gasteiger partial charge is 0.274 e. The average Bonchev–Trinajstić information content (AvgIpc) is 2.49. The Kier molecular flexibility index (Phi) is 5.18. The van der Waals surface area contributed by atoms with Crippen LogP contribution in [0.3, 0.4) is 0 Å². The Balaban J connectivity index is 2.10. The number of nitrogens with one attached hydrogen (secondary N) is 3. The minimum atomic E-state index is -0.302. The third-order valence-corrected chi connectivity index (χ3v) is 3.37. The molecule has 128 valence electrons. The molecule has 0 radical (unpaired) electrons. The van der Waals surface area contributed by atoms with Crippen LogP contribution in [0.2, 0.25) is 0 Å². The molecule has 2 aromatic rings. The van der Waals surface area contributed by atoms with Crippen LogP contribution < -0.4 is 21.7 Å². The van der Waals surface area contributed by atoms with Gasteiger partial charge in [0.15, 0.2) is 5.11 Å². The van der Waals surface area contributed by atoms with Gasteiger partial charge < -0.3 is 5.32 Å². The zero-order chi connectivity index (χ0) is 17.9. The van der Waals surface area contributed by atoms with Crippen LogP contribution in [0, 0.1) is 0 Å². The summed E-state index contributed by atoms with van der Waals surface area (Å²) in [5.74, 6) is -0.302. The van der Waals surface area contributed by atoms with Gasteiger partial charge in [0.1, 0.15) is 0 Å². The highest BCUT2D eigenvalue weighted by Crippen LogP contribution is 2.13. The van der Waals surface area contributed by atoms with Crippen molar-refractivity contribution < 1.29 is 4.79 Å². The molecule has 0 bridgehead atoms.